The van der Waals surface area contributed by atoms with Crippen molar-refractivity contribution in [1.29, 1.82) is 0 Å². The fraction of sp³-hybridized carbons (Fsp3) is 0.500. The van der Waals surface area contributed by atoms with Crippen LogP contribution < -0.4 is 5.32 Å². The van der Waals surface area contributed by atoms with Crippen molar-refractivity contribution in [2.45, 2.75) is 52.6 Å². The maximum Gasteiger partial charge on any atom is 0.204 e. The molecule has 0 saturated carbocycles. The highest BCUT2D eigenvalue weighted by Gasteiger charge is 2.18. The molecule has 1 aromatic carbocycles. The van der Waals surface area contributed by atoms with Crippen molar-refractivity contribution < 1.29 is 18.7 Å². The lowest BCUT2D eigenvalue weighted by Crippen LogP contribution is -2.25. The molecular weight excluding hydrogens is 380 g/mol. The van der Waals surface area contributed by atoms with Gasteiger partial charge in [0, 0.05) is 25.1 Å². The summed E-state index contributed by atoms with van der Waals surface area (Å²) in [6.07, 6.45) is 1.73. The van der Waals surface area contributed by atoms with E-state index >= 15 is 0 Å². The zero-order valence-corrected chi connectivity index (χ0v) is 16.7. The molecule has 1 atom stereocenters. The minimum Gasteiger partial charge on any atom is -0.385 e. The maximum absolute atomic E-state index is 13.7. The zero-order valence-electron chi connectivity index (χ0n) is 16.7. The van der Waals surface area contributed by atoms with Crippen molar-refractivity contribution in [1.82, 2.24) is 19.6 Å². The van der Waals surface area contributed by atoms with E-state index in [1.54, 1.807) is 11.3 Å². The number of unbranched alkanes of at least 4 members (excludes halogenated alkanes) is 2. The van der Waals surface area contributed by atoms with Gasteiger partial charge in [-0.2, -0.15) is 0 Å². The van der Waals surface area contributed by atoms with Crippen LogP contribution in [0.5, 0.6) is 0 Å². The lowest BCUT2D eigenvalue weighted by molar-refractivity contribution is -0.129. The van der Waals surface area contributed by atoms with Gasteiger partial charge in [0.05, 0.1) is 11.0 Å². The Morgan fingerprint density at radius 3 is 2.62 bits per heavy atom. The molecule has 2 aromatic heterocycles. The monoisotopic (exact) mass is 405 g/mol. The van der Waals surface area contributed by atoms with E-state index in [-0.39, 0.29) is 11.7 Å². The van der Waals surface area contributed by atoms with Gasteiger partial charge in [-0.15, -0.1) is 10.2 Å². The van der Waals surface area contributed by atoms with E-state index in [1.807, 2.05) is 13.8 Å². The van der Waals surface area contributed by atoms with Gasteiger partial charge in [-0.3, -0.25) is 9.20 Å². The van der Waals surface area contributed by atoms with E-state index in [9.17, 15) is 18.7 Å². The first-order valence-electron chi connectivity index (χ1n) is 9.74. The number of carbonyl (C=O) groups excluding carboxylic acids is 1. The predicted octanol–water partition coefficient (Wildman–Crippen LogP) is 3.42. The van der Waals surface area contributed by atoms with Crippen LogP contribution in [-0.2, 0) is 4.79 Å². The molecule has 29 heavy (non-hydrogen) atoms. The van der Waals surface area contributed by atoms with Gasteiger partial charge in [0.2, 0.25) is 5.65 Å². The molecule has 3 aromatic rings. The molecule has 0 amide bonds. The van der Waals surface area contributed by atoms with Gasteiger partial charge in [-0.1, -0.05) is 20.3 Å². The van der Waals surface area contributed by atoms with Crippen LogP contribution in [0.2, 0.25) is 0 Å². The molecule has 0 spiro atoms. The minimum absolute atomic E-state index is 0.0736. The van der Waals surface area contributed by atoms with Crippen LogP contribution in [0.4, 0.5) is 14.6 Å². The van der Waals surface area contributed by atoms with Crippen molar-refractivity contribution in [3.05, 3.63) is 29.6 Å². The molecule has 2 N–H and O–H groups in total. The molecule has 0 radical (unpaired) electrons. The third-order valence-corrected chi connectivity index (χ3v) is 4.88. The highest BCUT2D eigenvalue weighted by molar-refractivity contribution is 5.83. The second-order valence-corrected chi connectivity index (χ2v) is 7.51. The Bertz CT molecular complexity index is 1030. The number of aliphatic hydroxyl groups is 1. The number of nitrogens with one attached hydrogen (secondary N) is 1. The topological polar surface area (TPSA) is 92.4 Å². The average molecular weight is 405 g/mol. The number of nitrogens with zero attached hydrogens (tertiary/aromatic N) is 4. The summed E-state index contributed by atoms with van der Waals surface area (Å²) in [5, 5.41) is 21.0. The summed E-state index contributed by atoms with van der Waals surface area (Å²) >= 11 is 0. The summed E-state index contributed by atoms with van der Waals surface area (Å²) < 4.78 is 29.0. The SMILES string of the molecule is Cc1nnc2c(NCCCCCC(=O)[C@@H](O)C(C)C)nc3cc(F)c(F)cc3n12. The Balaban J connectivity index is 1.65. The Labute approximate surface area is 167 Å². The number of carbonyl (C=O) groups is 1. The summed E-state index contributed by atoms with van der Waals surface area (Å²) in [7, 11) is 0. The first-order valence-corrected chi connectivity index (χ1v) is 9.74. The number of halogens is 2. The number of aliphatic hydroxyl groups excluding tert-OH is 1. The van der Waals surface area contributed by atoms with Crippen LogP contribution in [0, 0.1) is 24.5 Å². The average Bonchev–Trinajstić information content (AvgIpc) is 3.07. The fourth-order valence-electron chi connectivity index (χ4n) is 3.22. The molecule has 0 aliphatic carbocycles. The summed E-state index contributed by atoms with van der Waals surface area (Å²) in [5.41, 5.74) is 1.14. The Morgan fingerprint density at radius 1 is 1.17 bits per heavy atom. The van der Waals surface area contributed by atoms with Crippen molar-refractivity contribution in [3.63, 3.8) is 0 Å². The Kier molecular flexibility index (Phi) is 6.36. The summed E-state index contributed by atoms with van der Waals surface area (Å²) in [5.74, 6) is -1.13. The van der Waals surface area contributed by atoms with Gasteiger partial charge in [0.15, 0.2) is 23.2 Å². The van der Waals surface area contributed by atoms with Crippen molar-refractivity contribution >= 4 is 28.3 Å². The first kappa shape index (κ1) is 21.0. The van der Waals surface area contributed by atoms with Crippen LogP contribution in [0.3, 0.4) is 0 Å². The number of Topliss-reactive ketones (excluding diaryl/α,β-unsaturated/α-hetero) is 1. The van der Waals surface area contributed by atoms with E-state index in [0.717, 1.165) is 25.0 Å². The van der Waals surface area contributed by atoms with E-state index in [1.165, 1.54) is 0 Å². The summed E-state index contributed by atoms with van der Waals surface area (Å²) in [6, 6.07) is 2.15. The molecule has 0 aliphatic rings. The molecule has 3 rings (SSSR count). The number of benzene rings is 1. The number of rotatable bonds is 9. The number of ketones is 1. The number of aromatic nitrogens is 4. The van der Waals surface area contributed by atoms with Crippen molar-refractivity contribution in [2.75, 3.05) is 11.9 Å². The highest BCUT2D eigenvalue weighted by Crippen LogP contribution is 2.24. The molecule has 0 bridgehead atoms. The lowest BCUT2D eigenvalue weighted by Gasteiger charge is -2.13. The fourth-order valence-corrected chi connectivity index (χ4v) is 3.22. The summed E-state index contributed by atoms with van der Waals surface area (Å²) in [4.78, 5) is 16.2. The van der Waals surface area contributed by atoms with Gasteiger partial charge in [-0.05, 0) is 25.7 Å². The normalized spacial score (nSPS) is 12.8. The van der Waals surface area contributed by atoms with Crippen molar-refractivity contribution in [3.8, 4) is 0 Å². The predicted molar refractivity (Wildman–Crippen MR) is 106 cm³/mol. The Hall–Kier alpha value is -2.68. The van der Waals surface area contributed by atoms with Crippen LogP contribution in [-0.4, -0.2) is 43.1 Å². The van der Waals surface area contributed by atoms with Crippen LogP contribution in [0.1, 0.15) is 45.4 Å². The molecule has 7 nitrogen and oxygen atoms in total. The third-order valence-electron chi connectivity index (χ3n) is 4.88. The maximum atomic E-state index is 13.7. The standard InChI is InChI=1S/C20H25F2N5O2/c1-11(2)18(29)17(28)7-5-4-6-8-23-19-20-26-25-12(3)27(20)16-10-14(22)13(21)9-15(16)24-19/h9-11,18,29H,4-8H2,1-3H3,(H,23,24)/t18-/m0/s1. The van der Waals surface area contributed by atoms with Gasteiger partial charge >= 0.3 is 0 Å². The van der Waals surface area contributed by atoms with E-state index in [4.69, 9.17) is 0 Å². The number of hydrogen-bond acceptors (Lipinski definition) is 6. The number of fused-ring (bicyclic) bond motifs is 3. The van der Waals surface area contributed by atoms with Gasteiger partial charge in [0.1, 0.15) is 11.9 Å². The first-order chi connectivity index (χ1) is 13.8. The molecule has 9 heteroatoms. The zero-order chi connectivity index (χ0) is 21.1. The van der Waals surface area contributed by atoms with Gasteiger partial charge in [0.25, 0.3) is 0 Å². The second kappa shape index (κ2) is 8.77. The van der Waals surface area contributed by atoms with Crippen LogP contribution in [0.15, 0.2) is 12.1 Å². The van der Waals surface area contributed by atoms with Crippen LogP contribution in [0.25, 0.3) is 16.7 Å². The third kappa shape index (κ3) is 4.50. The Morgan fingerprint density at radius 2 is 1.90 bits per heavy atom. The smallest absolute Gasteiger partial charge is 0.204 e. The lowest BCUT2D eigenvalue weighted by atomic mass is 9.99. The van der Waals surface area contributed by atoms with E-state index < -0.39 is 17.7 Å². The molecular formula is C20H25F2N5O2. The minimum atomic E-state index is -0.964. The quantitative estimate of drug-likeness (QED) is 0.530. The van der Waals surface area contributed by atoms with E-state index in [2.05, 4.69) is 20.5 Å². The molecule has 0 unspecified atom stereocenters. The molecule has 156 valence electrons. The second-order valence-electron chi connectivity index (χ2n) is 7.51. The highest BCUT2D eigenvalue weighted by atomic mass is 19.2. The largest absolute Gasteiger partial charge is 0.385 e. The van der Waals surface area contributed by atoms with Gasteiger partial charge in [-0.25, -0.2) is 13.8 Å². The molecule has 0 fully saturated rings. The molecule has 0 aliphatic heterocycles. The number of hydrogen-bond donors (Lipinski definition) is 2. The number of anilines is 1. The molecule has 0 saturated heterocycles. The van der Waals surface area contributed by atoms with Crippen molar-refractivity contribution in [2.24, 2.45) is 5.92 Å². The van der Waals surface area contributed by atoms with E-state index in [0.29, 0.717) is 47.7 Å². The van der Waals surface area contributed by atoms with Crippen LogP contribution >= 0.6 is 0 Å². The number of aryl methyl sites for hydroxylation is 1. The summed E-state index contributed by atoms with van der Waals surface area (Å²) in [6.45, 7) is 5.93. The molecule has 2 heterocycles. The van der Waals surface area contributed by atoms with Gasteiger partial charge < -0.3 is 10.4 Å².